The molecule has 100 valence electrons. The van der Waals surface area contributed by atoms with Crippen molar-refractivity contribution in [3.8, 4) is 0 Å². The first-order valence-corrected chi connectivity index (χ1v) is 7.11. The number of hydrogen-bond acceptors (Lipinski definition) is 2. The van der Waals surface area contributed by atoms with Crippen LogP contribution in [0.4, 0.5) is 0 Å². The molecule has 1 heterocycles. The average molecular weight is 255 g/mol. The van der Waals surface area contributed by atoms with Crippen LogP contribution in [0, 0.1) is 5.41 Å². The molecule has 0 amide bonds. The fourth-order valence-corrected chi connectivity index (χ4v) is 3.20. The number of benzene rings is 2. The summed E-state index contributed by atoms with van der Waals surface area (Å²) in [5.41, 5.74) is 1.43. The fraction of sp³-hybridized carbons (Fsp3) is 0.412. The van der Waals surface area contributed by atoms with E-state index < -0.39 is 0 Å². The Morgan fingerprint density at radius 3 is 2.53 bits per heavy atom. The molecule has 2 N–H and O–H groups in total. The highest BCUT2D eigenvalue weighted by molar-refractivity contribution is 5.85. The van der Waals surface area contributed by atoms with E-state index in [0.29, 0.717) is 0 Å². The van der Waals surface area contributed by atoms with E-state index in [1.807, 2.05) is 0 Å². The van der Waals surface area contributed by atoms with Gasteiger partial charge in [0, 0.05) is 6.61 Å². The number of hydrogen-bond donors (Lipinski definition) is 2. The fourth-order valence-electron chi connectivity index (χ4n) is 3.20. The van der Waals surface area contributed by atoms with Crippen LogP contribution in [-0.4, -0.2) is 24.8 Å². The van der Waals surface area contributed by atoms with Crippen molar-refractivity contribution in [2.24, 2.45) is 5.41 Å². The highest BCUT2D eigenvalue weighted by atomic mass is 16.3. The Bertz CT molecular complexity index is 553. The smallest absolute Gasteiger partial charge is 0.0491 e. The van der Waals surface area contributed by atoms with Crippen LogP contribution in [0.15, 0.2) is 42.5 Å². The summed E-state index contributed by atoms with van der Waals surface area (Å²) in [6, 6.07) is 15.0. The number of aliphatic hydroxyl groups is 1. The molecule has 2 nitrogen and oxygen atoms in total. The van der Waals surface area contributed by atoms with Gasteiger partial charge in [0.25, 0.3) is 0 Å². The molecular formula is C17H21NO. The Labute approximate surface area is 114 Å². The van der Waals surface area contributed by atoms with Crippen molar-refractivity contribution in [3.63, 3.8) is 0 Å². The molecule has 0 aliphatic carbocycles. The first-order valence-electron chi connectivity index (χ1n) is 7.11. The van der Waals surface area contributed by atoms with E-state index in [2.05, 4.69) is 47.8 Å². The molecule has 19 heavy (non-hydrogen) atoms. The molecule has 0 unspecified atom stereocenters. The molecule has 1 aliphatic heterocycles. The minimum atomic E-state index is 0.0649. The van der Waals surface area contributed by atoms with Crippen LogP contribution in [-0.2, 0) is 6.42 Å². The van der Waals surface area contributed by atoms with Crippen molar-refractivity contribution >= 4 is 10.8 Å². The van der Waals surface area contributed by atoms with Crippen LogP contribution >= 0.6 is 0 Å². The third-order valence-corrected chi connectivity index (χ3v) is 4.45. The Hall–Kier alpha value is -1.38. The molecule has 1 aliphatic rings. The minimum absolute atomic E-state index is 0.0649. The van der Waals surface area contributed by atoms with Crippen LogP contribution in [0.25, 0.3) is 10.8 Å². The highest BCUT2D eigenvalue weighted by Gasteiger charge is 2.31. The summed E-state index contributed by atoms with van der Waals surface area (Å²) in [6.45, 7) is 2.33. The highest BCUT2D eigenvalue weighted by Crippen LogP contribution is 2.34. The zero-order valence-corrected chi connectivity index (χ0v) is 11.2. The van der Waals surface area contributed by atoms with Gasteiger partial charge in [0.05, 0.1) is 0 Å². The molecule has 0 spiro atoms. The Balaban J connectivity index is 1.96. The number of aliphatic hydroxyl groups excluding tert-OH is 1. The second-order valence-corrected chi connectivity index (χ2v) is 5.72. The number of piperidine rings is 1. The molecule has 0 radical (unpaired) electrons. The zero-order chi connectivity index (χ0) is 13.1. The second kappa shape index (κ2) is 5.32. The molecule has 0 bridgehead atoms. The lowest BCUT2D eigenvalue weighted by atomic mass is 9.74. The number of fused-ring (bicyclic) bond motifs is 1. The minimum Gasteiger partial charge on any atom is -0.396 e. The standard InChI is InChI=1S/C17H21NO/c19-13-17(8-10-18-11-9-17)12-15-6-3-5-14-4-1-2-7-16(14)15/h1-7,18-19H,8-13H2. The number of rotatable bonds is 3. The van der Waals surface area contributed by atoms with E-state index >= 15 is 0 Å². The largest absolute Gasteiger partial charge is 0.396 e. The van der Waals surface area contributed by atoms with E-state index in [-0.39, 0.29) is 12.0 Å². The Morgan fingerprint density at radius 2 is 1.74 bits per heavy atom. The van der Waals surface area contributed by atoms with Gasteiger partial charge in [-0.15, -0.1) is 0 Å². The van der Waals surface area contributed by atoms with Crippen LogP contribution < -0.4 is 5.32 Å². The summed E-state index contributed by atoms with van der Waals surface area (Å²) >= 11 is 0. The summed E-state index contributed by atoms with van der Waals surface area (Å²) < 4.78 is 0. The normalized spacial score (nSPS) is 18.6. The van der Waals surface area contributed by atoms with Crippen LogP contribution in [0.1, 0.15) is 18.4 Å². The van der Waals surface area contributed by atoms with Crippen LogP contribution in [0.5, 0.6) is 0 Å². The number of nitrogens with one attached hydrogen (secondary N) is 1. The molecule has 2 aromatic carbocycles. The van der Waals surface area contributed by atoms with Gasteiger partial charge in [-0.3, -0.25) is 0 Å². The first kappa shape index (κ1) is 12.6. The predicted octanol–water partition coefficient (Wildman–Crippen LogP) is 2.74. The van der Waals surface area contributed by atoms with Gasteiger partial charge in [-0.25, -0.2) is 0 Å². The van der Waals surface area contributed by atoms with Crippen molar-refractivity contribution in [3.05, 3.63) is 48.0 Å². The molecular weight excluding hydrogens is 234 g/mol. The maximum absolute atomic E-state index is 9.85. The lowest BCUT2D eigenvalue weighted by Gasteiger charge is -2.36. The maximum Gasteiger partial charge on any atom is 0.0491 e. The lowest BCUT2D eigenvalue weighted by Crippen LogP contribution is -2.40. The summed E-state index contributed by atoms with van der Waals surface area (Å²) in [5, 5.41) is 15.9. The lowest BCUT2D eigenvalue weighted by molar-refractivity contribution is 0.0896. The SMILES string of the molecule is OCC1(Cc2cccc3ccccc23)CCNCC1. The van der Waals surface area contributed by atoms with Crippen molar-refractivity contribution in [2.75, 3.05) is 19.7 Å². The molecule has 1 saturated heterocycles. The van der Waals surface area contributed by atoms with Crippen molar-refractivity contribution in [2.45, 2.75) is 19.3 Å². The summed E-state index contributed by atoms with van der Waals surface area (Å²) in [6.07, 6.45) is 3.10. The third-order valence-electron chi connectivity index (χ3n) is 4.45. The Morgan fingerprint density at radius 1 is 1.00 bits per heavy atom. The summed E-state index contributed by atoms with van der Waals surface area (Å²) in [7, 11) is 0. The molecule has 0 atom stereocenters. The molecule has 1 fully saturated rings. The second-order valence-electron chi connectivity index (χ2n) is 5.72. The van der Waals surface area contributed by atoms with E-state index in [9.17, 15) is 5.11 Å². The van der Waals surface area contributed by atoms with E-state index in [4.69, 9.17) is 0 Å². The van der Waals surface area contributed by atoms with Crippen molar-refractivity contribution in [1.29, 1.82) is 0 Å². The Kier molecular flexibility index (Phi) is 3.54. The van der Waals surface area contributed by atoms with E-state index in [1.165, 1.54) is 16.3 Å². The molecule has 0 saturated carbocycles. The average Bonchev–Trinajstić information content (AvgIpc) is 2.49. The molecule has 3 rings (SSSR count). The van der Waals surface area contributed by atoms with Crippen LogP contribution in [0.3, 0.4) is 0 Å². The quantitative estimate of drug-likeness (QED) is 0.884. The van der Waals surface area contributed by atoms with Gasteiger partial charge in [0.15, 0.2) is 0 Å². The van der Waals surface area contributed by atoms with Crippen molar-refractivity contribution < 1.29 is 5.11 Å². The van der Waals surface area contributed by atoms with Gasteiger partial charge in [-0.1, -0.05) is 42.5 Å². The maximum atomic E-state index is 9.85. The third kappa shape index (κ3) is 2.51. The van der Waals surface area contributed by atoms with E-state index in [0.717, 1.165) is 32.4 Å². The summed E-state index contributed by atoms with van der Waals surface area (Å²) in [4.78, 5) is 0. The van der Waals surface area contributed by atoms with Gasteiger partial charge < -0.3 is 10.4 Å². The predicted molar refractivity (Wildman–Crippen MR) is 79.3 cm³/mol. The molecule has 0 aromatic heterocycles. The van der Waals surface area contributed by atoms with E-state index in [1.54, 1.807) is 0 Å². The first-order chi connectivity index (χ1) is 9.33. The van der Waals surface area contributed by atoms with Gasteiger partial charge in [-0.05, 0) is 54.1 Å². The topological polar surface area (TPSA) is 32.3 Å². The summed E-state index contributed by atoms with van der Waals surface area (Å²) in [5.74, 6) is 0. The van der Waals surface area contributed by atoms with Gasteiger partial charge in [-0.2, -0.15) is 0 Å². The van der Waals surface area contributed by atoms with Crippen LogP contribution in [0.2, 0.25) is 0 Å². The van der Waals surface area contributed by atoms with Gasteiger partial charge in [0.1, 0.15) is 0 Å². The zero-order valence-electron chi connectivity index (χ0n) is 11.2. The van der Waals surface area contributed by atoms with Gasteiger partial charge in [0.2, 0.25) is 0 Å². The molecule has 2 heteroatoms. The molecule has 2 aromatic rings. The monoisotopic (exact) mass is 255 g/mol. The van der Waals surface area contributed by atoms with Gasteiger partial charge >= 0.3 is 0 Å². The van der Waals surface area contributed by atoms with Crippen molar-refractivity contribution in [1.82, 2.24) is 5.32 Å².